The zero-order valence-corrected chi connectivity index (χ0v) is 11.1. The molecule has 0 atom stereocenters. The number of carbonyl (C=O) groups is 1. The van der Waals surface area contributed by atoms with Gasteiger partial charge in [-0.25, -0.2) is 4.79 Å². The van der Waals surface area contributed by atoms with Crippen LogP contribution in [0.3, 0.4) is 0 Å². The Balaban J connectivity index is 4.60. The number of hydrogen-bond donors (Lipinski definition) is 2. The minimum absolute atomic E-state index is 0.191. The highest BCUT2D eigenvalue weighted by molar-refractivity contribution is 6.59. The van der Waals surface area contributed by atoms with E-state index in [1.54, 1.807) is 34.6 Å². The van der Waals surface area contributed by atoms with Crippen molar-refractivity contribution in [1.29, 1.82) is 0 Å². The SMILES string of the molecule is C=C(B(O)OC(C)(C)C(C)(C)O)C(=O)OCC. The Morgan fingerprint density at radius 2 is 1.82 bits per heavy atom. The van der Waals surface area contributed by atoms with Gasteiger partial charge in [0.2, 0.25) is 0 Å². The van der Waals surface area contributed by atoms with Crippen molar-refractivity contribution in [3.8, 4) is 0 Å². The Hall–Kier alpha value is -0.845. The molecule has 0 radical (unpaired) electrons. The topological polar surface area (TPSA) is 76.0 Å². The molecule has 0 aromatic heterocycles. The van der Waals surface area contributed by atoms with Crippen LogP contribution < -0.4 is 0 Å². The first-order valence-corrected chi connectivity index (χ1v) is 5.47. The van der Waals surface area contributed by atoms with Crippen LogP contribution in [0.15, 0.2) is 12.1 Å². The first-order chi connectivity index (χ1) is 7.53. The maximum Gasteiger partial charge on any atom is 0.498 e. The average Bonchev–Trinajstić information content (AvgIpc) is 2.14. The molecule has 0 saturated carbocycles. The Bertz CT molecular complexity index is 293. The molecule has 0 heterocycles. The monoisotopic (exact) mass is 244 g/mol. The molecule has 0 aromatic rings. The lowest BCUT2D eigenvalue weighted by Gasteiger charge is -2.38. The summed E-state index contributed by atoms with van der Waals surface area (Å²) in [5.74, 6) is -0.716. The molecule has 5 nitrogen and oxygen atoms in total. The molecule has 0 aliphatic rings. The molecule has 2 N–H and O–H groups in total. The summed E-state index contributed by atoms with van der Waals surface area (Å²) in [6.45, 7) is 11.6. The van der Waals surface area contributed by atoms with Crippen LogP contribution in [0.2, 0.25) is 0 Å². The second-order valence-electron chi connectivity index (χ2n) is 4.79. The smallest absolute Gasteiger partial charge is 0.463 e. The van der Waals surface area contributed by atoms with Crippen molar-refractivity contribution in [1.82, 2.24) is 0 Å². The van der Waals surface area contributed by atoms with E-state index in [1.807, 2.05) is 0 Å². The molecular formula is C11H21BO5. The molecular weight excluding hydrogens is 223 g/mol. The van der Waals surface area contributed by atoms with Crippen molar-refractivity contribution < 1.29 is 24.3 Å². The summed E-state index contributed by atoms with van der Waals surface area (Å²) in [4.78, 5) is 11.3. The maximum atomic E-state index is 11.3. The van der Waals surface area contributed by atoms with Gasteiger partial charge in [-0.2, -0.15) is 0 Å². The Kier molecular flexibility index (Phi) is 5.38. The van der Waals surface area contributed by atoms with E-state index in [2.05, 4.69) is 11.3 Å². The predicted molar refractivity (Wildman–Crippen MR) is 65.2 cm³/mol. The molecule has 0 unspecified atom stereocenters. The fraction of sp³-hybridized carbons (Fsp3) is 0.727. The molecule has 0 amide bonds. The zero-order valence-electron chi connectivity index (χ0n) is 11.1. The first-order valence-electron chi connectivity index (χ1n) is 5.47. The van der Waals surface area contributed by atoms with Crippen molar-refractivity contribution in [3.05, 3.63) is 12.1 Å². The third kappa shape index (κ3) is 4.49. The lowest BCUT2D eigenvalue weighted by atomic mass is 9.76. The van der Waals surface area contributed by atoms with Crippen LogP contribution in [-0.2, 0) is 14.2 Å². The van der Waals surface area contributed by atoms with Crippen molar-refractivity contribution in [2.45, 2.75) is 45.8 Å². The van der Waals surface area contributed by atoms with Crippen LogP contribution in [-0.4, -0.2) is 41.0 Å². The van der Waals surface area contributed by atoms with E-state index in [0.717, 1.165) is 0 Å². The van der Waals surface area contributed by atoms with Gasteiger partial charge in [0, 0.05) is 0 Å². The number of ether oxygens (including phenoxy) is 1. The van der Waals surface area contributed by atoms with Gasteiger partial charge >= 0.3 is 13.1 Å². The fourth-order valence-corrected chi connectivity index (χ4v) is 0.819. The van der Waals surface area contributed by atoms with Gasteiger partial charge in [0.15, 0.2) is 0 Å². The molecule has 0 rings (SSSR count). The standard InChI is InChI=1S/C11H21BO5/c1-7-16-9(13)8(2)12(15)17-11(5,6)10(3,4)14/h14-15H,2,7H2,1,3-6H3. The molecule has 0 bridgehead atoms. The van der Waals surface area contributed by atoms with Gasteiger partial charge in [0.25, 0.3) is 0 Å². The Morgan fingerprint density at radius 3 is 2.18 bits per heavy atom. The number of hydrogen-bond acceptors (Lipinski definition) is 5. The summed E-state index contributed by atoms with van der Waals surface area (Å²) in [5.41, 5.74) is -2.41. The average molecular weight is 244 g/mol. The maximum absolute atomic E-state index is 11.3. The van der Waals surface area contributed by atoms with Crippen molar-refractivity contribution in [3.63, 3.8) is 0 Å². The van der Waals surface area contributed by atoms with E-state index >= 15 is 0 Å². The van der Waals surface area contributed by atoms with E-state index in [9.17, 15) is 14.9 Å². The van der Waals surface area contributed by atoms with Crippen molar-refractivity contribution in [2.24, 2.45) is 0 Å². The minimum atomic E-state index is -1.50. The lowest BCUT2D eigenvalue weighted by Crippen LogP contribution is -2.51. The highest BCUT2D eigenvalue weighted by atomic mass is 16.6. The third-order valence-corrected chi connectivity index (χ3v) is 2.72. The highest BCUT2D eigenvalue weighted by Gasteiger charge is 2.41. The summed E-state index contributed by atoms with van der Waals surface area (Å²) in [6.07, 6.45) is 0. The van der Waals surface area contributed by atoms with Crippen LogP contribution in [0.5, 0.6) is 0 Å². The lowest BCUT2D eigenvalue weighted by molar-refractivity contribution is -0.138. The molecule has 0 saturated heterocycles. The van der Waals surface area contributed by atoms with Crippen molar-refractivity contribution in [2.75, 3.05) is 6.61 Å². The quantitative estimate of drug-likeness (QED) is 0.408. The van der Waals surface area contributed by atoms with E-state index in [1.165, 1.54) is 0 Å². The molecule has 6 heteroatoms. The van der Waals surface area contributed by atoms with E-state index in [0.29, 0.717) is 0 Å². The highest BCUT2D eigenvalue weighted by Crippen LogP contribution is 2.26. The van der Waals surface area contributed by atoms with E-state index < -0.39 is 24.3 Å². The number of carbonyl (C=O) groups excluding carboxylic acids is 1. The van der Waals surface area contributed by atoms with Gasteiger partial charge in [0.05, 0.1) is 23.3 Å². The normalized spacial score (nSPS) is 12.2. The summed E-state index contributed by atoms with van der Waals surface area (Å²) in [6, 6.07) is 0. The third-order valence-electron chi connectivity index (χ3n) is 2.72. The van der Waals surface area contributed by atoms with Crippen molar-refractivity contribution >= 4 is 13.1 Å². The number of rotatable bonds is 6. The van der Waals surface area contributed by atoms with Crippen LogP contribution in [0, 0.1) is 0 Å². The second-order valence-corrected chi connectivity index (χ2v) is 4.79. The van der Waals surface area contributed by atoms with Crippen LogP contribution in [0.1, 0.15) is 34.6 Å². The van der Waals surface area contributed by atoms with Gasteiger partial charge in [-0.3, -0.25) is 0 Å². The number of esters is 1. The van der Waals surface area contributed by atoms with E-state index in [4.69, 9.17) is 4.65 Å². The van der Waals surface area contributed by atoms with Crippen LogP contribution in [0.25, 0.3) is 0 Å². The largest absolute Gasteiger partial charge is 0.498 e. The summed E-state index contributed by atoms with van der Waals surface area (Å²) in [7, 11) is -1.50. The zero-order chi connectivity index (χ0) is 13.9. The first kappa shape index (κ1) is 16.2. The van der Waals surface area contributed by atoms with Gasteiger partial charge in [-0.05, 0) is 34.6 Å². The van der Waals surface area contributed by atoms with E-state index in [-0.39, 0.29) is 12.1 Å². The summed E-state index contributed by atoms with van der Waals surface area (Å²) < 4.78 is 9.92. The predicted octanol–water partition coefficient (Wildman–Crippen LogP) is 0.691. The van der Waals surface area contributed by atoms with Crippen LogP contribution in [0.4, 0.5) is 0 Å². The summed E-state index contributed by atoms with van der Waals surface area (Å²) >= 11 is 0. The second kappa shape index (κ2) is 5.66. The fourth-order valence-electron chi connectivity index (χ4n) is 0.819. The molecule has 98 valence electrons. The molecule has 17 heavy (non-hydrogen) atoms. The summed E-state index contributed by atoms with van der Waals surface area (Å²) in [5, 5.41) is 19.5. The van der Waals surface area contributed by atoms with Gasteiger partial charge < -0.3 is 19.5 Å². The van der Waals surface area contributed by atoms with Gasteiger partial charge in [-0.15, -0.1) is 0 Å². The minimum Gasteiger partial charge on any atom is -0.463 e. The molecule has 0 aliphatic heterocycles. The molecule has 0 spiro atoms. The Morgan fingerprint density at radius 1 is 1.35 bits per heavy atom. The molecule has 0 aromatic carbocycles. The Labute approximate surface area is 103 Å². The van der Waals surface area contributed by atoms with Gasteiger partial charge in [-0.1, -0.05) is 6.58 Å². The number of aliphatic hydroxyl groups is 1. The van der Waals surface area contributed by atoms with Crippen LogP contribution >= 0.6 is 0 Å². The van der Waals surface area contributed by atoms with Gasteiger partial charge in [0.1, 0.15) is 0 Å². The molecule has 0 fully saturated rings. The molecule has 0 aliphatic carbocycles.